The van der Waals surface area contributed by atoms with E-state index in [2.05, 4.69) is 0 Å². The van der Waals surface area contributed by atoms with Gasteiger partial charge in [0.15, 0.2) is 5.79 Å². The van der Waals surface area contributed by atoms with Crippen LogP contribution >= 0.6 is 0 Å². The molecule has 2 fully saturated rings. The molecule has 2 atom stereocenters. The molecule has 1 aromatic carbocycles. The number of hydrogen-bond donors (Lipinski definition) is 1. The van der Waals surface area contributed by atoms with E-state index >= 15 is 0 Å². The Kier molecular flexibility index (Phi) is 4.63. The van der Waals surface area contributed by atoms with E-state index in [0.29, 0.717) is 19.6 Å². The minimum absolute atomic E-state index is 0.221. The Balaban J connectivity index is 1.57. The molecule has 1 N–H and O–H groups in total. The van der Waals surface area contributed by atoms with Gasteiger partial charge < -0.3 is 19.3 Å². The van der Waals surface area contributed by atoms with Crippen molar-refractivity contribution in [3.63, 3.8) is 0 Å². The van der Waals surface area contributed by atoms with Crippen molar-refractivity contribution in [3.8, 4) is 0 Å². The Morgan fingerprint density at radius 2 is 1.87 bits per heavy atom. The Bertz CT molecular complexity index is 564. The Morgan fingerprint density at radius 3 is 2.52 bits per heavy atom. The molecule has 1 aromatic rings. The maximum absolute atomic E-state index is 12.0. The minimum atomic E-state index is -0.984. The number of hydrogen-bond acceptors (Lipinski definition) is 5. The van der Waals surface area contributed by atoms with E-state index in [4.69, 9.17) is 14.2 Å². The van der Waals surface area contributed by atoms with E-state index < -0.39 is 23.8 Å². The molecule has 1 saturated heterocycles. The average Bonchev–Trinajstić information content (AvgIpc) is 3.14. The number of carboxylic acids is 1. The summed E-state index contributed by atoms with van der Waals surface area (Å²) in [5, 5.41) is 9.35. The van der Waals surface area contributed by atoms with E-state index in [1.54, 1.807) is 0 Å². The van der Waals surface area contributed by atoms with Crippen LogP contribution in [0.25, 0.3) is 0 Å². The smallest absolute Gasteiger partial charge is 0.310 e. The Labute approximate surface area is 134 Å². The van der Waals surface area contributed by atoms with Crippen LogP contribution in [0.1, 0.15) is 24.8 Å². The van der Waals surface area contributed by atoms with Crippen molar-refractivity contribution in [1.82, 2.24) is 0 Å². The van der Waals surface area contributed by atoms with E-state index in [1.165, 1.54) is 0 Å². The fourth-order valence-electron chi connectivity index (χ4n) is 3.22. The number of ether oxygens (including phenoxy) is 3. The normalized spacial score (nSPS) is 25.6. The van der Waals surface area contributed by atoms with Gasteiger partial charge in [0.05, 0.1) is 19.1 Å². The lowest BCUT2D eigenvalue weighted by Gasteiger charge is -2.21. The lowest BCUT2D eigenvalue weighted by Crippen LogP contribution is -2.28. The first-order chi connectivity index (χ1) is 11.1. The van der Waals surface area contributed by atoms with Gasteiger partial charge in [-0.2, -0.15) is 0 Å². The number of aryl methyl sites for hydroxylation is 1. The van der Waals surface area contributed by atoms with Gasteiger partial charge in [0.2, 0.25) is 0 Å². The molecule has 1 saturated carbocycles. The summed E-state index contributed by atoms with van der Waals surface area (Å²) in [6.45, 7) is 0.891. The molecular weight excluding hydrogens is 300 g/mol. The number of esters is 1. The fourth-order valence-corrected chi connectivity index (χ4v) is 3.22. The molecule has 6 nitrogen and oxygen atoms in total. The van der Waals surface area contributed by atoms with Crippen molar-refractivity contribution in [2.45, 2.75) is 37.6 Å². The standard InChI is InChI=1S/C17H20O6/c18-15(7-6-12-4-2-1-3-5-12)23-14-11-17(21-8-9-22-17)10-13(14)16(19)20/h1-5,13-14H,6-11H2,(H,19,20)/t13-,14-/m0/s1. The van der Waals surface area contributed by atoms with Crippen LogP contribution in [0.3, 0.4) is 0 Å². The maximum Gasteiger partial charge on any atom is 0.310 e. The minimum Gasteiger partial charge on any atom is -0.481 e. The van der Waals surface area contributed by atoms with Gasteiger partial charge in [-0.05, 0) is 12.0 Å². The van der Waals surface area contributed by atoms with Crippen molar-refractivity contribution < 1.29 is 28.9 Å². The molecule has 3 rings (SSSR count). The highest BCUT2D eigenvalue weighted by Gasteiger charge is 2.53. The quantitative estimate of drug-likeness (QED) is 0.833. The van der Waals surface area contributed by atoms with Crippen molar-refractivity contribution in [3.05, 3.63) is 35.9 Å². The van der Waals surface area contributed by atoms with Crippen LogP contribution in [0.15, 0.2) is 30.3 Å². The van der Waals surface area contributed by atoms with Gasteiger partial charge in [-0.1, -0.05) is 30.3 Å². The molecule has 23 heavy (non-hydrogen) atoms. The van der Waals surface area contributed by atoms with Gasteiger partial charge in [-0.15, -0.1) is 0 Å². The van der Waals surface area contributed by atoms with Crippen LogP contribution in [0, 0.1) is 5.92 Å². The molecule has 1 spiro atoms. The van der Waals surface area contributed by atoms with Crippen LogP contribution in [0.2, 0.25) is 0 Å². The second-order valence-corrected chi connectivity index (χ2v) is 5.97. The molecule has 6 heteroatoms. The first-order valence-electron chi connectivity index (χ1n) is 7.82. The van der Waals surface area contributed by atoms with E-state index in [-0.39, 0.29) is 25.2 Å². The summed E-state index contributed by atoms with van der Waals surface area (Å²) in [5.41, 5.74) is 1.05. The molecule has 0 unspecified atom stereocenters. The van der Waals surface area contributed by atoms with Gasteiger partial charge >= 0.3 is 11.9 Å². The van der Waals surface area contributed by atoms with Crippen LogP contribution in [-0.2, 0) is 30.2 Å². The first-order valence-corrected chi connectivity index (χ1v) is 7.82. The van der Waals surface area contributed by atoms with Crippen molar-refractivity contribution in [2.75, 3.05) is 13.2 Å². The zero-order valence-electron chi connectivity index (χ0n) is 12.8. The fraction of sp³-hybridized carbons (Fsp3) is 0.529. The summed E-state index contributed by atoms with van der Waals surface area (Å²) in [7, 11) is 0. The molecule has 0 amide bonds. The maximum atomic E-state index is 12.0. The molecule has 0 aromatic heterocycles. The second-order valence-electron chi connectivity index (χ2n) is 5.97. The predicted octanol–water partition coefficient (Wildman–Crippen LogP) is 1.77. The van der Waals surface area contributed by atoms with Crippen LogP contribution in [-0.4, -0.2) is 42.1 Å². The van der Waals surface area contributed by atoms with Crippen LogP contribution < -0.4 is 0 Å². The van der Waals surface area contributed by atoms with Crippen molar-refractivity contribution in [1.29, 1.82) is 0 Å². The summed E-state index contributed by atoms with van der Waals surface area (Å²) in [6.07, 6.45) is 0.595. The van der Waals surface area contributed by atoms with E-state index in [9.17, 15) is 14.7 Å². The zero-order valence-corrected chi connectivity index (χ0v) is 12.8. The molecule has 1 heterocycles. The van der Waals surface area contributed by atoms with E-state index in [1.807, 2.05) is 30.3 Å². The Morgan fingerprint density at radius 1 is 1.17 bits per heavy atom. The van der Waals surface area contributed by atoms with E-state index in [0.717, 1.165) is 5.56 Å². The number of carbonyl (C=O) groups is 2. The summed E-state index contributed by atoms with van der Waals surface area (Å²) in [4.78, 5) is 23.5. The first kappa shape index (κ1) is 16.0. The molecule has 1 aliphatic heterocycles. The third-order valence-corrected chi connectivity index (χ3v) is 4.37. The summed E-state index contributed by atoms with van der Waals surface area (Å²) < 4.78 is 16.5. The monoisotopic (exact) mass is 320 g/mol. The zero-order chi connectivity index (χ0) is 16.3. The number of benzene rings is 1. The number of aliphatic carboxylic acids is 1. The Hall–Kier alpha value is -1.92. The molecule has 0 radical (unpaired) electrons. The van der Waals surface area contributed by atoms with Gasteiger partial charge in [0, 0.05) is 19.3 Å². The van der Waals surface area contributed by atoms with Gasteiger partial charge in [0.25, 0.3) is 0 Å². The lowest BCUT2D eigenvalue weighted by atomic mass is 10.1. The van der Waals surface area contributed by atoms with Crippen molar-refractivity contribution in [2.24, 2.45) is 5.92 Å². The molecule has 0 bridgehead atoms. The highest BCUT2D eigenvalue weighted by atomic mass is 16.7. The molecule has 2 aliphatic rings. The lowest BCUT2D eigenvalue weighted by molar-refractivity contribution is -0.164. The summed E-state index contributed by atoms with van der Waals surface area (Å²) in [6, 6.07) is 9.63. The highest BCUT2D eigenvalue weighted by molar-refractivity contribution is 5.74. The van der Waals surface area contributed by atoms with Crippen LogP contribution in [0.4, 0.5) is 0 Å². The van der Waals surface area contributed by atoms with Crippen LogP contribution in [0.5, 0.6) is 0 Å². The summed E-state index contributed by atoms with van der Waals surface area (Å²) >= 11 is 0. The third kappa shape index (κ3) is 3.71. The number of carboxylic acid groups (broad SMARTS) is 1. The summed E-state index contributed by atoms with van der Waals surface area (Å²) in [5.74, 6) is -3.05. The van der Waals surface area contributed by atoms with Gasteiger partial charge in [-0.25, -0.2) is 0 Å². The van der Waals surface area contributed by atoms with Gasteiger partial charge in [0.1, 0.15) is 6.10 Å². The molecule has 1 aliphatic carbocycles. The topological polar surface area (TPSA) is 82.1 Å². The predicted molar refractivity (Wildman–Crippen MR) is 79.6 cm³/mol. The van der Waals surface area contributed by atoms with Gasteiger partial charge in [-0.3, -0.25) is 9.59 Å². The number of carbonyl (C=O) groups excluding carboxylic acids is 1. The third-order valence-electron chi connectivity index (χ3n) is 4.37. The highest BCUT2D eigenvalue weighted by Crippen LogP contribution is 2.42. The SMILES string of the molecule is O=C(CCc1ccccc1)O[C@H]1CC2(C[C@@H]1C(=O)O)OCCO2. The van der Waals surface area contributed by atoms with Crippen molar-refractivity contribution >= 4 is 11.9 Å². The number of rotatable bonds is 5. The largest absolute Gasteiger partial charge is 0.481 e. The molecule has 124 valence electrons. The average molecular weight is 320 g/mol. The molecular formula is C17H20O6. The second kappa shape index (κ2) is 6.68.